The number of unbranched alkanes of at least 4 members (excludes halogenated alkanes) is 1. The van der Waals surface area contributed by atoms with E-state index in [0.29, 0.717) is 26.4 Å². The Labute approximate surface area is 167 Å². The van der Waals surface area contributed by atoms with Crippen LogP contribution in [0.1, 0.15) is 25.0 Å². The normalized spacial score (nSPS) is 11.2. The molecule has 0 amide bonds. The van der Waals surface area contributed by atoms with Gasteiger partial charge in [0.2, 0.25) is 0 Å². The molecule has 7 nitrogen and oxygen atoms in total. The Hall–Kier alpha value is -0.840. The summed E-state index contributed by atoms with van der Waals surface area (Å²) in [4.78, 5) is 4.20. The first-order valence-electron chi connectivity index (χ1n) is 8.48. The van der Waals surface area contributed by atoms with Gasteiger partial charge in [0.25, 0.3) is 0 Å². The van der Waals surface area contributed by atoms with Crippen LogP contribution in [-0.4, -0.2) is 59.6 Å². The number of rotatable bonds is 14. The Morgan fingerprint density at radius 3 is 2.48 bits per heavy atom. The van der Waals surface area contributed by atoms with E-state index < -0.39 is 0 Å². The van der Waals surface area contributed by atoms with Crippen LogP contribution in [0.4, 0.5) is 0 Å². The summed E-state index contributed by atoms with van der Waals surface area (Å²) in [5.74, 6) is 1.67. The number of guanidine groups is 1. The maximum Gasteiger partial charge on any atom is 0.190 e. The van der Waals surface area contributed by atoms with Crippen LogP contribution in [0.2, 0.25) is 0 Å². The van der Waals surface area contributed by atoms with E-state index >= 15 is 0 Å². The highest BCUT2D eigenvalue weighted by Gasteiger charge is 1.98. The monoisotopic (exact) mass is 469 g/mol. The number of methoxy groups -OCH3 is 1. The van der Waals surface area contributed by atoms with Gasteiger partial charge in [0, 0.05) is 40.5 Å². The zero-order valence-electron chi connectivity index (χ0n) is 15.3. The van der Waals surface area contributed by atoms with Crippen LogP contribution in [0, 0.1) is 0 Å². The largest absolute Gasteiger partial charge is 0.467 e. The predicted molar refractivity (Wildman–Crippen MR) is 110 cm³/mol. The molecule has 0 atom stereocenters. The summed E-state index contributed by atoms with van der Waals surface area (Å²) in [6.45, 7) is 4.98. The Kier molecular flexibility index (Phi) is 17.4. The lowest BCUT2D eigenvalue weighted by Crippen LogP contribution is -2.38. The summed E-state index contributed by atoms with van der Waals surface area (Å²) in [6.07, 6.45) is 4.63. The highest BCUT2D eigenvalue weighted by atomic mass is 127. The number of aliphatic imine (C=N–C) groups is 1. The Balaban J connectivity index is 0.00000576. The van der Waals surface area contributed by atoms with Crippen molar-refractivity contribution in [2.75, 3.05) is 53.7 Å². The maximum atomic E-state index is 5.53. The van der Waals surface area contributed by atoms with Gasteiger partial charge < -0.3 is 29.3 Å². The van der Waals surface area contributed by atoms with Crippen LogP contribution in [0.15, 0.2) is 27.8 Å². The molecule has 0 unspecified atom stereocenters. The summed E-state index contributed by atoms with van der Waals surface area (Å²) in [5, 5.41) is 6.56. The Morgan fingerprint density at radius 2 is 1.80 bits per heavy atom. The second-order valence-corrected chi connectivity index (χ2v) is 5.22. The van der Waals surface area contributed by atoms with Crippen LogP contribution >= 0.6 is 24.0 Å². The fraction of sp³-hybridized carbons (Fsp3) is 0.706. The summed E-state index contributed by atoms with van der Waals surface area (Å²) >= 11 is 0. The number of nitrogens with one attached hydrogen (secondary N) is 2. The van der Waals surface area contributed by atoms with Gasteiger partial charge in [-0.25, -0.2) is 0 Å². The van der Waals surface area contributed by atoms with Gasteiger partial charge in [-0.05, 0) is 31.4 Å². The second kappa shape index (κ2) is 18.0. The molecule has 1 aromatic heterocycles. The molecule has 2 N–H and O–H groups in total. The van der Waals surface area contributed by atoms with Crippen molar-refractivity contribution in [3.8, 4) is 0 Å². The van der Waals surface area contributed by atoms with E-state index in [1.54, 1.807) is 20.4 Å². The minimum Gasteiger partial charge on any atom is -0.467 e. The summed E-state index contributed by atoms with van der Waals surface area (Å²) in [5.41, 5.74) is 0. The van der Waals surface area contributed by atoms with Gasteiger partial charge in [-0.2, -0.15) is 0 Å². The molecule has 0 aliphatic heterocycles. The predicted octanol–water partition coefficient (Wildman–Crippen LogP) is 2.41. The van der Waals surface area contributed by atoms with Crippen LogP contribution in [0.5, 0.6) is 0 Å². The molecule has 1 heterocycles. The van der Waals surface area contributed by atoms with Gasteiger partial charge in [-0.1, -0.05) is 0 Å². The van der Waals surface area contributed by atoms with Crippen molar-refractivity contribution in [2.24, 2.45) is 4.99 Å². The van der Waals surface area contributed by atoms with Crippen LogP contribution in [0.25, 0.3) is 0 Å². The van der Waals surface area contributed by atoms with Crippen molar-refractivity contribution in [1.82, 2.24) is 10.6 Å². The van der Waals surface area contributed by atoms with Crippen molar-refractivity contribution in [1.29, 1.82) is 0 Å². The molecular formula is C17H32IN3O4. The molecule has 0 aromatic carbocycles. The first-order valence-corrected chi connectivity index (χ1v) is 8.48. The average molecular weight is 469 g/mol. The third kappa shape index (κ3) is 14.1. The number of nitrogens with zero attached hydrogens (tertiary/aromatic N) is 1. The molecule has 8 heteroatoms. The van der Waals surface area contributed by atoms with E-state index in [1.165, 1.54) is 0 Å². The average Bonchev–Trinajstić information content (AvgIpc) is 3.11. The SMILES string of the molecule is CN=C(NCCCCOCCOC)NCCCOCc1ccco1.I. The highest BCUT2D eigenvalue weighted by molar-refractivity contribution is 14.0. The topological polar surface area (TPSA) is 77.3 Å². The molecule has 1 aromatic rings. The van der Waals surface area contributed by atoms with Crippen LogP contribution in [0.3, 0.4) is 0 Å². The number of halogens is 1. The van der Waals surface area contributed by atoms with Gasteiger partial charge in [-0.3, -0.25) is 4.99 Å². The molecule has 0 saturated heterocycles. The molecule has 146 valence electrons. The summed E-state index contributed by atoms with van der Waals surface area (Å²) in [7, 11) is 3.45. The first-order chi connectivity index (χ1) is 11.9. The molecule has 0 aliphatic carbocycles. The molecule has 0 saturated carbocycles. The van der Waals surface area contributed by atoms with Crippen molar-refractivity contribution in [3.05, 3.63) is 24.2 Å². The van der Waals surface area contributed by atoms with Gasteiger partial charge in [-0.15, -0.1) is 24.0 Å². The smallest absolute Gasteiger partial charge is 0.190 e. The minimum atomic E-state index is 0. The molecule has 1 rings (SSSR count). The number of ether oxygens (including phenoxy) is 3. The van der Waals surface area contributed by atoms with Gasteiger partial charge in [0.05, 0.1) is 19.5 Å². The van der Waals surface area contributed by atoms with Crippen molar-refractivity contribution >= 4 is 29.9 Å². The van der Waals surface area contributed by atoms with E-state index in [2.05, 4.69) is 15.6 Å². The lowest BCUT2D eigenvalue weighted by molar-refractivity contribution is 0.0689. The number of furan rings is 1. The molecule has 0 aliphatic rings. The number of hydrogen-bond donors (Lipinski definition) is 2. The van der Waals surface area contributed by atoms with E-state index in [4.69, 9.17) is 18.6 Å². The van der Waals surface area contributed by atoms with Crippen molar-refractivity contribution in [2.45, 2.75) is 25.9 Å². The third-order valence-electron chi connectivity index (χ3n) is 3.25. The highest BCUT2D eigenvalue weighted by Crippen LogP contribution is 2.01. The van der Waals surface area contributed by atoms with Gasteiger partial charge in [0.1, 0.15) is 12.4 Å². The zero-order chi connectivity index (χ0) is 17.3. The quantitative estimate of drug-likeness (QED) is 0.189. The molecular weight excluding hydrogens is 437 g/mol. The van der Waals surface area contributed by atoms with E-state index in [9.17, 15) is 0 Å². The van der Waals surface area contributed by atoms with Crippen LogP contribution < -0.4 is 10.6 Å². The molecule has 0 spiro atoms. The minimum absolute atomic E-state index is 0. The maximum absolute atomic E-state index is 5.53. The Bertz CT molecular complexity index is 416. The Morgan fingerprint density at radius 1 is 1.04 bits per heavy atom. The molecule has 25 heavy (non-hydrogen) atoms. The molecule has 0 bridgehead atoms. The lowest BCUT2D eigenvalue weighted by Gasteiger charge is -2.12. The molecule has 0 radical (unpaired) electrons. The summed E-state index contributed by atoms with van der Waals surface area (Å²) < 4.78 is 21.1. The molecule has 0 fully saturated rings. The van der Waals surface area contributed by atoms with Gasteiger partial charge >= 0.3 is 0 Å². The zero-order valence-corrected chi connectivity index (χ0v) is 17.6. The van der Waals surface area contributed by atoms with Crippen molar-refractivity contribution in [3.63, 3.8) is 0 Å². The van der Waals surface area contributed by atoms with E-state index in [-0.39, 0.29) is 24.0 Å². The number of hydrogen-bond acceptors (Lipinski definition) is 5. The summed E-state index contributed by atoms with van der Waals surface area (Å²) in [6, 6.07) is 3.77. The van der Waals surface area contributed by atoms with Gasteiger partial charge in [0.15, 0.2) is 5.96 Å². The second-order valence-electron chi connectivity index (χ2n) is 5.22. The fourth-order valence-electron chi connectivity index (χ4n) is 1.95. The fourth-order valence-corrected chi connectivity index (χ4v) is 1.95. The van der Waals surface area contributed by atoms with E-state index in [0.717, 1.165) is 50.7 Å². The van der Waals surface area contributed by atoms with Crippen molar-refractivity contribution < 1.29 is 18.6 Å². The van der Waals surface area contributed by atoms with Crippen LogP contribution in [-0.2, 0) is 20.8 Å². The third-order valence-corrected chi connectivity index (χ3v) is 3.25. The van der Waals surface area contributed by atoms with E-state index in [1.807, 2.05) is 12.1 Å². The standard InChI is InChI=1S/C17H31N3O4.HI/c1-18-17(19-8-3-4-10-22-14-13-21-2)20-9-6-11-23-15-16-7-5-12-24-16;/h5,7,12H,3-4,6,8-11,13-15H2,1-2H3,(H2,18,19,20);1H. The lowest BCUT2D eigenvalue weighted by atomic mass is 10.3. The first kappa shape index (κ1) is 24.2.